The SMILES string of the molecule is C1=c2c(n(-c3cccc4c3sc3ccccc34)c3ccc(-c4ccc5c(c4)c4ccccc4n5-c4nc(-c5ccc6c7ccccc7c7ccccc7c6c5)nc(-c5ccc6c7ccccc7c7ccccc7c6c5)n4)cc23)=CCC1. The van der Waals surface area contributed by atoms with E-state index in [0.717, 1.165) is 51.3 Å². The largest absolute Gasteiger partial charge is 0.308 e. The smallest absolute Gasteiger partial charge is 0.238 e. The summed E-state index contributed by atoms with van der Waals surface area (Å²) < 4.78 is 7.40. The summed E-state index contributed by atoms with van der Waals surface area (Å²) >= 11 is 1.89. The third-order valence-corrected chi connectivity index (χ3v) is 18.6. The number of hydrogen-bond donors (Lipinski definition) is 0. The van der Waals surface area contributed by atoms with E-state index < -0.39 is 0 Å². The fourth-order valence-electron chi connectivity index (χ4n) is 13.7. The minimum atomic E-state index is 0.565. The first-order valence-electron chi connectivity index (χ1n) is 27.9. The summed E-state index contributed by atoms with van der Waals surface area (Å²) in [6.45, 7) is 0. The molecule has 0 N–H and O–H groups in total. The second-order valence-electron chi connectivity index (χ2n) is 21.7. The number of hydrogen-bond acceptors (Lipinski definition) is 4. The molecule has 17 aromatic rings. The number of aromatic nitrogens is 5. The molecule has 0 fully saturated rings. The van der Waals surface area contributed by atoms with Crippen LogP contribution in [-0.4, -0.2) is 24.1 Å². The van der Waals surface area contributed by atoms with Gasteiger partial charge < -0.3 is 4.57 Å². The average molecular weight is 1050 g/mol. The van der Waals surface area contributed by atoms with Crippen LogP contribution in [0.5, 0.6) is 0 Å². The maximum Gasteiger partial charge on any atom is 0.238 e. The van der Waals surface area contributed by atoms with E-state index in [9.17, 15) is 0 Å². The highest BCUT2D eigenvalue weighted by atomic mass is 32.1. The van der Waals surface area contributed by atoms with Gasteiger partial charge in [0.1, 0.15) is 0 Å². The Morgan fingerprint density at radius 1 is 0.296 bits per heavy atom. The molecule has 13 aromatic carbocycles. The molecule has 1 aliphatic rings. The molecule has 0 bridgehead atoms. The van der Waals surface area contributed by atoms with Crippen LogP contribution in [0.1, 0.15) is 12.8 Å². The lowest BCUT2D eigenvalue weighted by atomic mass is 9.93. The van der Waals surface area contributed by atoms with Gasteiger partial charge in [-0.05, 0) is 143 Å². The molecule has 0 amide bonds. The van der Waals surface area contributed by atoms with Crippen LogP contribution >= 0.6 is 11.3 Å². The molecule has 0 saturated carbocycles. The van der Waals surface area contributed by atoms with E-state index in [0.29, 0.717) is 17.6 Å². The van der Waals surface area contributed by atoms with Crippen molar-refractivity contribution in [1.29, 1.82) is 0 Å². The van der Waals surface area contributed by atoms with Crippen molar-refractivity contribution in [3.8, 4) is 45.5 Å². The highest BCUT2D eigenvalue weighted by molar-refractivity contribution is 7.26. The minimum absolute atomic E-state index is 0.565. The average Bonchev–Trinajstić information content (AvgIpc) is 4.43. The van der Waals surface area contributed by atoms with Gasteiger partial charge in [0.25, 0.3) is 0 Å². The third-order valence-electron chi connectivity index (χ3n) is 17.4. The van der Waals surface area contributed by atoms with Gasteiger partial charge in [-0.25, -0.2) is 4.98 Å². The van der Waals surface area contributed by atoms with Gasteiger partial charge in [-0.3, -0.25) is 4.57 Å². The molecule has 5 nitrogen and oxygen atoms in total. The number of nitrogens with zero attached hydrogens (tertiary/aromatic N) is 5. The zero-order valence-electron chi connectivity index (χ0n) is 43.7. The third kappa shape index (κ3) is 6.57. The van der Waals surface area contributed by atoms with Crippen LogP contribution < -0.4 is 10.6 Å². The highest BCUT2D eigenvalue weighted by Gasteiger charge is 2.22. The predicted octanol–water partition coefficient (Wildman–Crippen LogP) is 18.6. The molecule has 0 atom stereocenters. The molecule has 0 unspecified atom stereocenters. The Balaban J connectivity index is 0.841. The Bertz CT molecular complexity index is 5490. The summed E-state index contributed by atoms with van der Waals surface area (Å²) in [5.74, 6) is 1.79. The second-order valence-corrected chi connectivity index (χ2v) is 22.7. The van der Waals surface area contributed by atoms with Gasteiger partial charge in [0.15, 0.2) is 11.6 Å². The summed E-state index contributed by atoms with van der Waals surface area (Å²) in [7, 11) is 0. The summed E-state index contributed by atoms with van der Waals surface area (Å²) in [5.41, 5.74) is 8.71. The fraction of sp³-hybridized carbons (Fsp3) is 0.0267. The molecular weight excluding hydrogens is 1000 g/mol. The van der Waals surface area contributed by atoms with Crippen LogP contribution in [0.4, 0.5) is 0 Å². The zero-order chi connectivity index (χ0) is 52.9. The first-order chi connectivity index (χ1) is 40.2. The monoisotopic (exact) mass is 1050 g/mol. The van der Waals surface area contributed by atoms with Gasteiger partial charge in [-0.15, -0.1) is 11.3 Å². The van der Waals surface area contributed by atoms with Gasteiger partial charge in [0.05, 0.1) is 26.9 Å². The van der Waals surface area contributed by atoms with Gasteiger partial charge >= 0.3 is 0 Å². The number of para-hydroxylation sites is 1. The van der Waals surface area contributed by atoms with E-state index in [1.54, 1.807) is 0 Å². The van der Waals surface area contributed by atoms with Crippen LogP contribution in [0, 0.1) is 0 Å². The van der Waals surface area contributed by atoms with Gasteiger partial charge in [-0.1, -0.05) is 194 Å². The summed E-state index contributed by atoms with van der Waals surface area (Å²) in [6, 6.07) is 86.6. The van der Waals surface area contributed by atoms with Crippen molar-refractivity contribution in [3.05, 3.63) is 247 Å². The number of thiophene rings is 1. The molecule has 0 spiro atoms. The summed E-state index contributed by atoms with van der Waals surface area (Å²) in [4.78, 5) is 16.5. The van der Waals surface area contributed by atoms with Gasteiger partial charge in [0.2, 0.25) is 5.95 Å². The van der Waals surface area contributed by atoms with Crippen molar-refractivity contribution < 1.29 is 0 Å². The van der Waals surface area contributed by atoms with Crippen molar-refractivity contribution in [2.45, 2.75) is 12.8 Å². The van der Waals surface area contributed by atoms with Crippen molar-refractivity contribution in [2.24, 2.45) is 0 Å². The van der Waals surface area contributed by atoms with E-state index >= 15 is 0 Å². The van der Waals surface area contributed by atoms with E-state index in [1.165, 1.54) is 118 Å². The molecule has 6 heteroatoms. The molecular formula is C75H45N5S. The normalized spacial score (nSPS) is 12.8. The van der Waals surface area contributed by atoms with Crippen molar-refractivity contribution in [2.75, 3.05) is 0 Å². The lowest BCUT2D eigenvalue weighted by Gasteiger charge is -2.14. The van der Waals surface area contributed by atoms with Crippen LogP contribution in [0.25, 0.3) is 175 Å². The quantitative estimate of drug-likeness (QED) is 0.161. The lowest BCUT2D eigenvalue weighted by molar-refractivity contribution is 0.954. The summed E-state index contributed by atoms with van der Waals surface area (Å²) in [6.07, 6.45) is 6.94. The lowest BCUT2D eigenvalue weighted by Crippen LogP contribution is -2.30. The molecule has 81 heavy (non-hydrogen) atoms. The van der Waals surface area contributed by atoms with Crippen LogP contribution in [-0.2, 0) is 0 Å². The Morgan fingerprint density at radius 3 is 1.32 bits per heavy atom. The molecule has 1 aliphatic carbocycles. The Hall–Kier alpha value is -10.3. The number of rotatable bonds is 5. The maximum absolute atomic E-state index is 5.52. The minimum Gasteiger partial charge on any atom is -0.308 e. The van der Waals surface area contributed by atoms with Gasteiger partial charge in [0, 0.05) is 53.3 Å². The number of fused-ring (bicyclic) bond motifs is 21. The van der Waals surface area contributed by atoms with E-state index in [-0.39, 0.29) is 0 Å². The highest BCUT2D eigenvalue weighted by Crippen LogP contribution is 2.42. The topological polar surface area (TPSA) is 48.5 Å². The Kier molecular flexibility index (Phi) is 9.44. The Labute approximate surface area is 467 Å². The second kappa shape index (κ2) is 17.1. The van der Waals surface area contributed by atoms with Crippen molar-refractivity contribution in [3.63, 3.8) is 0 Å². The molecule has 0 radical (unpaired) electrons. The van der Waals surface area contributed by atoms with Crippen LogP contribution in [0.3, 0.4) is 0 Å². The fourth-order valence-corrected chi connectivity index (χ4v) is 14.9. The van der Waals surface area contributed by atoms with Crippen LogP contribution in [0.15, 0.2) is 237 Å². The van der Waals surface area contributed by atoms with Gasteiger partial charge in [-0.2, -0.15) is 9.97 Å². The maximum atomic E-state index is 5.52. The summed E-state index contributed by atoms with van der Waals surface area (Å²) in [5, 5.41) is 23.3. The number of benzene rings is 13. The molecule has 4 heterocycles. The zero-order valence-corrected chi connectivity index (χ0v) is 44.5. The molecule has 0 aliphatic heterocycles. The standard InChI is InChI=1S/C75H45N5S/c1-3-20-52-48(16-1)50-18-5-7-22-54(50)62-42-46(32-36-56(52)62)73-76-74(47-33-37-57-53-21-4-2-17-49(53)51-19-6-8-23-55(51)63(57)43-47)78-75(77-73)80-67-29-13-10-25-59(67)65-41-45(35-39-69(65)80)44-34-38-68-64(40-44)58-24-9-12-28-66(58)79(68)70-30-15-27-61-60-26-11-14-31-71(60)81-72(61)70/h1-8,10-11,13-43H,9,12H2. The molecule has 376 valence electrons. The van der Waals surface area contributed by atoms with E-state index in [2.05, 4.69) is 258 Å². The first kappa shape index (κ1) is 44.7. The predicted molar refractivity (Wildman–Crippen MR) is 343 cm³/mol. The van der Waals surface area contributed by atoms with E-state index in [4.69, 9.17) is 15.0 Å². The Morgan fingerprint density at radius 2 is 0.728 bits per heavy atom. The molecule has 18 rings (SSSR count). The first-order valence-corrected chi connectivity index (χ1v) is 28.7. The van der Waals surface area contributed by atoms with Crippen LogP contribution in [0.2, 0.25) is 0 Å². The molecule has 0 saturated heterocycles. The molecule has 4 aromatic heterocycles. The van der Waals surface area contributed by atoms with Crippen molar-refractivity contribution in [1.82, 2.24) is 24.1 Å². The van der Waals surface area contributed by atoms with E-state index in [1.807, 2.05) is 11.3 Å². The van der Waals surface area contributed by atoms with Crippen molar-refractivity contribution >= 4 is 141 Å².